The number of aromatic nitrogens is 2. The molecule has 2 aliphatic rings. The zero-order valence-corrected chi connectivity index (χ0v) is 17.2. The van der Waals surface area contributed by atoms with Gasteiger partial charge in [0.1, 0.15) is 11.2 Å². The van der Waals surface area contributed by atoms with E-state index in [1.54, 1.807) is 18.3 Å². The molecular formula is C24H21N3O5. The van der Waals surface area contributed by atoms with Crippen LogP contribution in [0.25, 0.3) is 11.3 Å². The van der Waals surface area contributed by atoms with Crippen molar-refractivity contribution in [1.82, 2.24) is 4.98 Å². The van der Waals surface area contributed by atoms with E-state index in [2.05, 4.69) is 10.3 Å². The van der Waals surface area contributed by atoms with Gasteiger partial charge in [-0.05, 0) is 37.8 Å². The van der Waals surface area contributed by atoms with Crippen LogP contribution in [0.15, 0.2) is 67.1 Å². The highest BCUT2D eigenvalue weighted by atomic mass is 16.6. The first-order valence-corrected chi connectivity index (χ1v) is 10.4. The first-order valence-electron chi connectivity index (χ1n) is 10.4. The highest BCUT2D eigenvalue weighted by molar-refractivity contribution is 5.97. The lowest BCUT2D eigenvalue weighted by Gasteiger charge is -2.39. The number of pyridine rings is 2. The number of rotatable bonds is 3. The van der Waals surface area contributed by atoms with Gasteiger partial charge in [0.25, 0.3) is 5.91 Å². The monoisotopic (exact) mass is 431 g/mol. The second-order valence-corrected chi connectivity index (χ2v) is 8.30. The molecule has 1 amide bonds. The highest BCUT2D eigenvalue weighted by Crippen LogP contribution is 2.48. The molecule has 1 aliphatic carbocycles. The van der Waals surface area contributed by atoms with Gasteiger partial charge in [-0.1, -0.05) is 30.3 Å². The average Bonchev–Trinajstić information content (AvgIpc) is 3.08. The van der Waals surface area contributed by atoms with Crippen molar-refractivity contribution in [3.8, 4) is 11.3 Å². The smallest absolute Gasteiger partial charge is 0.339 e. The molecule has 3 heterocycles. The quantitative estimate of drug-likeness (QED) is 0.374. The van der Waals surface area contributed by atoms with Crippen molar-refractivity contribution in [3.63, 3.8) is 0 Å². The second-order valence-electron chi connectivity index (χ2n) is 8.30. The number of nitrogens with zero attached hydrogens (tertiary/aromatic N) is 2. The Morgan fingerprint density at radius 1 is 1.09 bits per heavy atom. The first kappa shape index (κ1) is 20.1. The average molecular weight is 431 g/mol. The fraction of sp³-hybridized carbons (Fsp3) is 0.250. The number of esters is 1. The Hall–Kier alpha value is -3.78. The van der Waals surface area contributed by atoms with Crippen molar-refractivity contribution >= 4 is 17.6 Å². The molecule has 0 bridgehead atoms. The minimum absolute atomic E-state index is 0.0921. The summed E-state index contributed by atoms with van der Waals surface area (Å²) in [5.41, 5.74) is 0.506. The summed E-state index contributed by atoms with van der Waals surface area (Å²) in [4.78, 5) is 29.5. The summed E-state index contributed by atoms with van der Waals surface area (Å²) >= 11 is 0. The molecule has 1 aromatic carbocycles. The third kappa shape index (κ3) is 3.38. The molecule has 1 aliphatic heterocycles. The number of carbonyl (C=O) groups excluding carboxylic acids is 2. The van der Waals surface area contributed by atoms with E-state index in [1.165, 1.54) is 18.5 Å². The SMILES string of the molecule is O=C1OC2(CCC(O)(C(=O)Nc3ccc(-c4ccccc4)nc3)CC2)c2c[n+]([O-])ccc21. The Morgan fingerprint density at radius 3 is 2.53 bits per heavy atom. The normalized spacial score (nSPS) is 24.1. The van der Waals surface area contributed by atoms with Gasteiger partial charge in [-0.2, -0.15) is 4.73 Å². The summed E-state index contributed by atoms with van der Waals surface area (Å²) in [5.74, 6) is -1.02. The topological polar surface area (TPSA) is 115 Å². The zero-order chi connectivity index (χ0) is 22.3. The molecule has 5 rings (SSSR count). The number of ether oxygens (including phenoxy) is 1. The van der Waals surface area contributed by atoms with E-state index < -0.39 is 23.1 Å². The molecule has 0 atom stereocenters. The van der Waals surface area contributed by atoms with E-state index in [-0.39, 0.29) is 25.7 Å². The van der Waals surface area contributed by atoms with Crippen molar-refractivity contribution in [2.75, 3.05) is 5.32 Å². The Morgan fingerprint density at radius 2 is 1.84 bits per heavy atom. The van der Waals surface area contributed by atoms with Crippen LogP contribution in [0.3, 0.4) is 0 Å². The van der Waals surface area contributed by atoms with E-state index in [0.717, 1.165) is 11.3 Å². The van der Waals surface area contributed by atoms with Crippen LogP contribution < -0.4 is 10.0 Å². The predicted molar refractivity (Wildman–Crippen MR) is 114 cm³/mol. The van der Waals surface area contributed by atoms with Crippen molar-refractivity contribution in [1.29, 1.82) is 0 Å². The lowest BCUT2D eigenvalue weighted by Crippen LogP contribution is -2.49. The molecule has 8 nitrogen and oxygen atoms in total. The number of anilines is 1. The standard InChI is InChI=1S/C24H21N3O5/c28-21-18-8-13-27(31)15-19(18)24(32-21)11-9-23(30,10-12-24)22(29)26-17-6-7-20(25-14-17)16-4-2-1-3-5-16/h1-8,13-15,30H,9-12H2,(H,26,29). The van der Waals surface area contributed by atoms with Crippen molar-refractivity contribution in [2.45, 2.75) is 36.9 Å². The Bertz CT molecular complexity index is 1190. The summed E-state index contributed by atoms with van der Waals surface area (Å²) in [7, 11) is 0. The maximum absolute atomic E-state index is 12.9. The van der Waals surface area contributed by atoms with E-state index in [1.807, 2.05) is 30.3 Å². The van der Waals surface area contributed by atoms with Crippen LogP contribution in [0.2, 0.25) is 0 Å². The minimum Gasteiger partial charge on any atom is -0.619 e. The zero-order valence-electron chi connectivity index (χ0n) is 17.2. The fourth-order valence-corrected chi connectivity index (χ4v) is 4.47. The number of hydrogen-bond donors (Lipinski definition) is 2. The Kier molecular flexibility index (Phi) is 4.67. The molecule has 2 aromatic heterocycles. The number of benzene rings is 1. The molecule has 1 saturated carbocycles. The Balaban J connectivity index is 1.28. The molecule has 8 heteroatoms. The van der Waals surface area contributed by atoms with Crippen molar-refractivity contribution in [3.05, 3.63) is 83.5 Å². The second kappa shape index (κ2) is 7.42. The van der Waals surface area contributed by atoms with Gasteiger partial charge in [-0.25, -0.2) is 4.79 Å². The minimum atomic E-state index is -1.61. The third-order valence-corrected chi connectivity index (χ3v) is 6.33. The third-order valence-electron chi connectivity index (χ3n) is 6.33. The van der Waals surface area contributed by atoms with Gasteiger partial charge in [0.2, 0.25) is 0 Å². The number of carbonyl (C=O) groups is 2. The summed E-state index contributed by atoms with van der Waals surface area (Å²) in [6, 6.07) is 14.7. The molecule has 3 aromatic rings. The van der Waals surface area contributed by atoms with Crippen molar-refractivity contribution in [2.24, 2.45) is 0 Å². The number of nitrogens with one attached hydrogen (secondary N) is 1. The summed E-state index contributed by atoms with van der Waals surface area (Å²) in [5, 5.41) is 25.5. The van der Waals surface area contributed by atoms with Gasteiger partial charge in [-0.3, -0.25) is 9.78 Å². The van der Waals surface area contributed by atoms with Gasteiger partial charge >= 0.3 is 5.97 Å². The molecule has 1 spiro atoms. The molecule has 162 valence electrons. The highest BCUT2D eigenvalue weighted by Gasteiger charge is 2.54. The lowest BCUT2D eigenvalue weighted by molar-refractivity contribution is -0.606. The first-order chi connectivity index (χ1) is 15.4. The molecule has 2 N–H and O–H groups in total. The van der Waals surface area contributed by atoms with Crippen LogP contribution >= 0.6 is 0 Å². The molecule has 1 fully saturated rings. The van der Waals surface area contributed by atoms with E-state index in [0.29, 0.717) is 21.5 Å². The summed E-state index contributed by atoms with van der Waals surface area (Å²) < 4.78 is 6.24. The maximum Gasteiger partial charge on any atom is 0.339 e. The fourth-order valence-electron chi connectivity index (χ4n) is 4.47. The van der Waals surface area contributed by atoms with Gasteiger partial charge in [0, 0.05) is 11.6 Å². The number of amides is 1. The van der Waals surface area contributed by atoms with Crippen LogP contribution in [-0.4, -0.2) is 27.6 Å². The molecule has 0 radical (unpaired) electrons. The molecular weight excluding hydrogens is 410 g/mol. The van der Waals surface area contributed by atoms with Gasteiger partial charge in [0.15, 0.2) is 12.4 Å². The van der Waals surface area contributed by atoms with Gasteiger partial charge < -0.3 is 20.4 Å². The van der Waals surface area contributed by atoms with Crippen LogP contribution in [0.1, 0.15) is 41.6 Å². The van der Waals surface area contributed by atoms with E-state index in [9.17, 15) is 19.9 Å². The summed E-state index contributed by atoms with van der Waals surface area (Å²) in [6.07, 6.45) is 4.81. The molecule has 32 heavy (non-hydrogen) atoms. The van der Waals surface area contributed by atoms with E-state index >= 15 is 0 Å². The summed E-state index contributed by atoms with van der Waals surface area (Å²) in [6.45, 7) is 0. The molecule has 0 saturated heterocycles. The van der Waals surface area contributed by atoms with Gasteiger partial charge in [0.05, 0.1) is 28.7 Å². The van der Waals surface area contributed by atoms with Crippen LogP contribution in [0.4, 0.5) is 5.69 Å². The largest absolute Gasteiger partial charge is 0.619 e. The Labute approximate surface area is 184 Å². The van der Waals surface area contributed by atoms with Gasteiger partial charge in [-0.15, -0.1) is 0 Å². The lowest BCUT2D eigenvalue weighted by atomic mass is 9.73. The number of fused-ring (bicyclic) bond motifs is 2. The molecule has 0 unspecified atom stereocenters. The maximum atomic E-state index is 12.9. The van der Waals surface area contributed by atoms with Crippen LogP contribution in [-0.2, 0) is 15.1 Å². The van der Waals surface area contributed by atoms with Crippen LogP contribution in [0, 0.1) is 5.21 Å². The van der Waals surface area contributed by atoms with Crippen molar-refractivity contribution < 1.29 is 24.2 Å². The van der Waals surface area contributed by atoms with Crippen LogP contribution in [0.5, 0.6) is 0 Å². The predicted octanol–water partition coefficient (Wildman–Crippen LogP) is 2.69. The number of aliphatic hydroxyl groups is 1. The van der Waals surface area contributed by atoms with E-state index in [4.69, 9.17) is 4.74 Å². The number of hydrogen-bond acceptors (Lipinski definition) is 6.